The molecule has 1 aliphatic rings. The second-order valence-electron chi connectivity index (χ2n) is 8.07. The summed E-state index contributed by atoms with van der Waals surface area (Å²) in [7, 11) is 4.14. The largest absolute Gasteiger partial charge is 0.375 e. The van der Waals surface area contributed by atoms with Gasteiger partial charge < -0.3 is 19.7 Å². The Morgan fingerprint density at radius 2 is 1.90 bits per heavy atom. The highest BCUT2D eigenvalue weighted by atomic mass is 127. The summed E-state index contributed by atoms with van der Waals surface area (Å²) in [6.07, 6.45) is 3.50. The second kappa shape index (κ2) is 12.1. The summed E-state index contributed by atoms with van der Waals surface area (Å²) in [5, 5.41) is 12.0. The number of anilines is 1. The minimum atomic E-state index is 0. The summed E-state index contributed by atoms with van der Waals surface area (Å²) in [6.45, 7) is 8.89. The molecule has 166 valence electrons. The predicted octanol–water partition coefficient (Wildman–Crippen LogP) is 3.45. The highest BCUT2D eigenvalue weighted by Crippen LogP contribution is 2.16. The standard InChI is InChI=1S/C22H35N7.HI/c1-18-11-15-29(16-12-18)22(24-17-21-26-25-19(2)28(21)4)23-13-8-14-27(3)20-9-6-5-7-10-20;/h5-7,9-10,18H,8,11-17H2,1-4H3,(H,23,24);1H. The van der Waals surface area contributed by atoms with E-state index in [-0.39, 0.29) is 24.0 Å². The Morgan fingerprint density at radius 1 is 1.20 bits per heavy atom. The number of aliphatic imine (C=N–C) groups is 1. The van der Waals surface area contributed by atoms with Crippen LogP contribution in [0, 0.1) is 12.8 Å². The van der Waals surface area contributed by atoms with Gasteiger partial charge in [0.25, 0.3) is 0 Å². The van der Waals surface area contributed by atoms with Crippen LogP contribution in [-0.4, -0.2) is 58.9 Å². The first kappa shape index (κ1) is 24.4. The Kier molecular flexibility index (Phi) is 9.87. The van der Waals surface area contributed by atoms with Crippen molar-refractivity contribution in [3.8, 4) is 0 Å². The number of hydrogen-bond donors (Lipinski definition) is 1. The lowest BCUT2D eigenvalue weighted by atomic mass is 10.00. The van der Waals surface area contributed by atoms with Crippen molar-refractivity contribution >= 4 is 35.6 Å². The normalized spacial score (nSPS) is 15.1. The number of halogens is 1. The quantitative estimate of drug-likeness (QED) is 0.260. The Bertz CT molecular complexity index is 782. The van der Waals surface area contributed by atoms with Gasteiger partial charge in [0.05, 0.1) is 0 Å². The number of hydrogen-bond acceptors (Lipinski definition) is 4. The molecular formula is C22H36IN7. The van der Waals surface area contributed by atoms with Gasteiger partial charge in [-0.15, -0.1) is 34.2 Å². The van der Waals surface area contributed by atoms with Gasteiger partial charge in [0, 0.05) is 46.0 Å². The number of nitrogens with zero attached hydrogens (tertiary/aromatic N) is 6. The van der Waals surface area contributed by atoms with Crippen LogP contribution in [0.1, 0.15) is 37.8 Å². The lowest BCUT2D eigenvalue weighted by Crippen LogP contribution is -2.46. The van der Waals surface area contributed by atoms with Crippen molar-refractivity contribution in [2.75, 3.05) is 38.1 Å². The first-order chi connectivity index (χ1) is 14.0. The van der Waals surface area contributed by atoms with E-state index in [9.17, 15) is 0 Å². The van der Waals surface area contributed by atoms with E-state index in [2.05, 4.69) is 69.6 Å². The summed E-state index contributed by atoms with van der Waals surface area (Å²) >= 11 is 0. The van der Waals surface area contributed by atoms with Crippen molar-refractivity contribution in [2.45, 2.75) is 39.7 Å². The van der Waals surface area contributed by atoms with Gasteiger partial charge in [0.15, 0.2) is 11.8 Å². The zero-order chi connectivity index (χ0) is 20.6. The third-order valence-corrected chi connectivity index (χ3v) is 5.79. The number of likely N-dealkylation sites (tertiary alicyclic amines) is 1. The van der Waals surface area contributed by atoms with Crippen LogP contribution >= 0.6 is 24.0 Å². The fourth-order valence-corrected chi connectivity index (χ4v) is 3.55. The Balaban J connectivity index is 0.00000320. The summed E-state index contributed by atoms with van der Waals surface area (Å²) in [4.78, 5) is 9.57. The monoisotopic (exact) mass is 525 g/mol. The number of guanidine groups is 1. The molecule has 2 heterocycles. The molecule has 1 aromatic carbocycles. The van der Waals surface area contributed by atoms with Gasteiger partial charge in [0.1, 0.15) is 12.4 Å². The van der Waals surface area contributed by atoms with E-state index in [0.717, 1.165) is 56.1 Å². The van der Waals surface area contributed by atoms with E-state index in [0.29, 0.717) is 6.54 Å². The van der Waals surface area contributed by atoms with E-state index >= 15 is 0 Å². The molecule has 0 aliphatic carbocycles. The number of benzene rings is 1. The lowest BCUT2D eigenvalue weighted by Gasteiger charge is -2.33. The molecule has 1 N–H and O–H groups in total. The van der Waals surface area contributed by atoms with E-state index in [4.69, 9.17) is 4.99 Å². The molecule has 1 saturated heterocycles. The Labute approximate surface area is 198 Å². The van der Waals surface area contributed by atoms with Crippen molar-refractivity contribution < 1.29 is 0 Å². The van der Waals surface area contributed by atoms with E-state index in [1.807, 2.05) is 18.5 Å². The summed E-state index contributed by atoms with van der Waals surface area (Å²) in [5.74, 6) is 3.62. The molecule has 8 heteroatoms. The third-order valence-electron chi connectivity index (χ3n) is 5.79. The number of rotatable bonds is 7. The van der Waals surface area contributed by atoms with Crippen molar-refractivity contribution in [3.05, 3.63) is 42.0 Å². The first-order valence-electron chi connectivity index (χ1n) is 10.7. The third kappa shape index (κ3) is 6.85. The predicted molar refractivity (Wildman–Crippen MR) is 135 cm³/mol. The van der Waals surface area contributed by atoms with Gasteiger partial charge in [0.2, 0.25) is 0 Å². The molecule has 3 rings (SSSR count). The highest BCUT2D eigenvalue weighted by molar-refractivity contribution is 14.0. The number of aromatic nitrogens is 3. The van der Waals surface area contributed by atoms with E-state index in [1.165, 1.54) is 18.5 Å². The van der Waals surface area contributed by atoms with E-state index in [1.54, 1.807) is 0 Å². The fourth-order valence-electron chi connectivity index (χ4n) is 3.55. The molecule has 1 fully saturated rings. The summed E-state index contributed by atoms with van der Waals surface area (Å²) in [5.41, 5.74) is 1.25. The number of aryl methyl sites for hydroxylation is 1. The molecule has 0 atom stereocenters. The molecule has 0 unspecified atom stereocenters. The first-order valence-corrected chi connectivity index (χ1v) is 10.7. The zero-order valence-corrected chi connectivity index (χ0v) is 21.0. The van der Waals surface area contributed by atoms with Gasteiger partial charge >= 0.3 is 0 Å². The average Bonchev–Trinajstić information content (AvgIpc) is 3.06. The zero-order valence-electron chi connectivity index (χ0n) is 18.7. The average molecular weight is 525 g/mol. The van der Waals surface area contributed by atoms with Crippen LogP contribution in [0.4, 0.5) is 5.69 Å². The molecule has 7 nitrogen and oxygen atoms in total. The molecule has 1 aromatic heterocycles. The molecule has 0 saturated carbocycles. The fraction of sp³-hybridized carbons (Fsp3) is 0.591. The molecule has 1 aliphatic heterocycles. The van der Waals surface area contributed by atoms with Gasteiger partial charge in [-0.2, -0.15) is 0 Å². The summed E-state index contributed by atoms with van der Waals surface area (Å²) < 4.78 is 2.01. The van der Waals surface area contributed by atoms with Gasteiger partial charge in [-0.3, -0.25) is 0 Å². The maximum Gasteiger partial charge on any atom is 0.194 e. The molecule has 0 spiro atoms. The topological polar surface area (TPSA) is 61.6 Å². The SMILES string of the molecule is Cc1nnc(CN=C(NCCCN(C)c2ccccc2)N2CCC(C)CC2)n1C.I. The summed E-state index contributed by atoms with van der Waals surface area (Å²) in [6, 6.07) is 10.5. The van der Waals surface area contributed by atoms with Crippen LogP contribution < -0.4 is 10.2 Å². The Morgan fingerprint density at radius 3 is 2.53 bits per heavy atom. The van der Waals surface area contributed by atoms with Crippen LogP contribution in [-0.2, 0) is 13.6 Å². The molecular weight excluding hydrogens is 489 g/mol. The van der Waals surface area contributed by atoms with Crippen LogP contribution in [0.15, 0.2) is 35.3 Å². The Hall–Kier alpha value is -1.84. The van der Waals surface area contributed by atoms with Crippen molar-refractivity contribution in [1.82, 2.24) is 25.0 Å². The molecule has 30 heavy (non-hydrogen) atoms. The van der Waals surface area contributed by atoms with Crippen LogP contribution in [0.2, 0.25) is 0 Å². The van der Waals surface area contributed by atoms with Crippen LogP contribution in [0.3, 0.4) is 0 Å². The minimum Gasteiger partial charge on any atom is -0.375 e. The van der Waals surface area contributed by atoms with Gasteiger partial charge in [-0.05, 0) is 44.2 Å². The van der Waals surface area contributed by atoms with Crippen molar-refractivity contribution in [2.24, 2.45) is 18.0 Å². The maximum atomic E-state index is 4.89. The number of nitrogens with one attached hydrogen (secondary N) is 1. The van der Waals surface area contributed by atoms with Gasteiger partial charge in [-0.25, -0.2) is 4.99 Å². The number of piperidine rings is 1. The highest BCUT2D eigenvalue weighted by Gasteiger charge is 2.19. The van der Waals surface area contributed by atoms with Gasteiger partial charge in [-0.1, -0.05) is 25.1 Å². The van der Waals surface area contributed by atoms with Crippen molar-refractivity contribution in [3.63, 3.8) is 0 Å². The lowest BCUT2D eigenvalue weighted by molar-refractivity contribution is 0.273. The molecule has 0 radical (unpaired) electrons. The molecule has 2 aromatic rings. The van der Waals surface area contributed by atoms with Crippen LogP contribution in [0.25, 0.3) is 0 Å². The molecule has 0 bridgehead atoms. The van der Waals surface area contributed by atoms with E-state index < -0.39 is 0 Å². The number of para-hydroxylation sites is 1. The molecule has 0 amide bonds. The maximum absolute atomic E-state index is 4.89. The van der Waals surface area contributed by atoms with Crippen LogP contribution in [0.5, 0.6) is 0 Å². The smallest absolute Gasteiger partial charge is 0.194 e. The minimum absolute atomic E-state index is 0. The van der Waals surface area contributed by atoms with Crippen molar-refractivity contribution in [1.29, 1.82) is 0 Å². The second-order valence-corrected chi connectivity index (χ2v) is 8.07.